The molecular weight excluding hydrogens is 482 g/mol. The fourth-order valence-electron chi connectivity index (χ4n) is 5.06. The summed E-state index contributed by atoms with van der Waals surface area (Å²) >= 11 is 1.35. The van der Waals surface area contributed by atoms with Crippen LogP contribution >= 0.6 is 12.0 Å². The van der Waals surface area contributed by atoms with Crippen LogP contribution in [0.15, 0.2) is 36.4 Å². The summed E-state index contributed by atoms with van der Waals surface area (Å²) in [6.07, 6.45) is 5.59. The van der Waals surface area contributed by atoms with Crippen molar-refractivity contribution in [1.82, 2.24) is 10.2 Å². The predicted octanol–water partition coefficient (Wildman–Crippen LogP) is 6.63. The van der Waals surface area contributed by atoms with Crippen LogP contribution in [0, 0.1) is 0 Å². The number of carbonyl (C=O) groups excluding carboxylic acids is 1. The standard InChI is InChI=1S/C30H45N3O3S/c1-29(2,3)22-8-14-26(34)20(16-22)18-33(25-12-10-24(11-13-25)32-28(31)35)19-21-17-23(30(4,5)6)9-15-27(21)36-37-7/h8-9,14-17,24-25,34H,10-13,18-19H2,1-7H3,(H3,31,32,35). The van der Waals surface area contributed by atoms with E-state index in [2.05, 4.69) is 76.0 Å². The summed E-state index contributed by atoms with van der Waals surface area (Å²) in [5.74, 6) is 1.20. The third kappa shape index (κ3) is 8.05. The molecule has 0 aliphatic heterocycles. The van der Waals surface area contributed by atoms with Crippen LogP contribution in [0.3, 0.4) is 0 Å². The van der Waals surface area contributed by atoms with E-state index in [4.69, 9.17) is 9.92 Å². The number of primary amides is 1. The number of hydrogen-bond acceptors (Lipinski definition) is 5. The minimum absolute atomic E-state index is 0.00777. The van der Waals surface area contributed by atoms with E-state index >= 15 is 0 Å². The zero-order valence-corrected chi connectivity index (χ0v) is 24.4. The Kier molecular flexibility index (Phi) is 9.46. The maximum atomic E-state index is 11.4. The Hall–Kier alpha value is -2.38. The molecule has 204 valence electrons. The molecule has 1 fully saturated rings. The molecule has 2 amide bonds. The molecule has 6 nitrogen and oxygen atoms in total. The van der Waals surface area contributed by atoms with E-state index in [-0.39, 0.29) is 16.9 Å². The first-order chi connectivity index (χ1) is 17.3. The van der Waals surface area contributed by atoms with Gasteiger partial charge in [-0.2, -0.15) is 0 Å². The zero-order chi connectivity index (χ0) is 27.4. The van der Waals surface area contributed by atoms with Crippen LogP contribution < -0.4 is 15.2 Å². The maximum Gasteiger partial charge on any atom is 0.312 e. The number of nitrogens with zero attached hydrogens (tertiary/aromatic N) is 1. The fraction of sp³-hybridized carbons (Fsp3) is 0.567. The number of phenols is 1. The lowest BCUT2D eigenvalue weighted by Gasteiger charge is -2.38. The number of carbonyl (C=O) groups is 1. The van der Waals surface area contributed by atoms with Gasteiger partial charge >= 0.3 is 6.03 Å². The Morgan fingerprint density at radius 3 is 2.05 bits per heavy atom. The number of rotatable bonds is 8. The highest BCUT2D eigenvalue weighted by molar-refractivity contribution is 7.94. The molecule has 0 atom stereocenters. The normalized spacial score (nSPS) is 18.6. The van der Waals surface area contributed by atoms with Crippen molar-refractivity contribution >= 4 is 18.1 Å². The van der Waals surface area contributed by atoms with Crippen molar-refractivity contribution in [2.75, 3.05) is 6.26 Å². The number of benzene rings is 2. The van der Waals surface area contributed by atoms with Gasteiger partial charge in [-0.3, -0.25) is 4.90 Å². The van der Waals surface area contributed by atoms with E-state index < -0.39 is 6.03 Å². The van der Waals surface area contributed by atoms with Crippen LogP contribution in [0.4, 0.5) is 4.79 Å². The second kappa shape index (κ2) is 12.0. The quantitative estimate of drug-likeness (QED) is 0.336. The lowest BCUT2D eigenvalue weighted by Crippen LogP contribution is -2.45. The minimum atomic E-state index is -0.456. The number of hydrogen-bond donors (Lipinski definition) is 3. The number of aromatic hydroxyl groups is 1. The molecule has 7 heteroatoms. The predicted molar refractivity (Wildman–Crippen MR) is 154 cm³/mol. The Bertz CT molecular complexity index is 1070. The van der Waals surface area contributed by atoms with Gasteiger partial charge in [-0.1, -0.05) is 65.8 Å². The van der Waals surface area contributed by atoms with Crippen molar-refractivity contribution in [2.24, 2.45) is 5.73 Å². The molecule has 0 spiro atoms. The molecule has 4 N–H and O–H groups in total. The monoisotopic (exact) mass is 527 g/mol. The van der Waals surface area contributed by atoms with Gasteiger partial charge in [0.2, 0.25) is 0 Å². The first kappa shape index (κ1) is 29.2. The SMILES string of the molecule is CSOc1ccc(C(C)(C)C)cc1CN(Cc1cc(C(C)(C)C)ccc1O)C1CCC(NC(N)=O)CC1. The number of urea groups is 1. The molecule has 0 radical (unpaired) electrons. The van der Waals surface area contributed by atoms with Crippen molar-refractivity contribution in [1.29, 1.82) is 0 Å². The van der Waals surface area contributed by atoms with Crippen LogP contribution in [-0.2, 0) is 23.9 Å². The van der Waals surface area contributed by atoms with Crippen molar-refractivity contribution < 1.29 is 14.1 Å². The lowest BCUT2D eigenvalue weighted by molar-refractivity contribution is 0.128. The molecule has 0 bridgehead atoms. The van der Waals surface area contributed by atoms with Crippen molar-refractivity contribution in [2.45, 2.75) is 103 Å². The van der Waals surface area contributed by atoms with Crippen LogP contribution in [0.5, 0.6) is 11.5 Å². The van der Waals surface area contributed by atoms with E-state index in [1.54, 1.807) is 0 Å². The molecule has 0 aromatic heterocycles. The molecule has 3 rings (SSSR count). The largest absolute Gasteiger partial charge is 0.508 e. The van der Waals surface area contributed by atoms with E-state index in [1.807, 2.05) is 18.4 Å². The van der Waals surface area contributed by atoms with Gasteiger partial charge in [0.15, 0.2) is 0 Å². The summed E-state index contributed by atoms with van der Waals surface area (Å²) < 4.78 is 5.97. The highest BCUT2D eigenvalue weighted by atomic mass is 32.2. The molecule has 0 heterocycles. The third-order valence-corrected chi connectivity index (χ3v) is 7.70. The number of phenolic OH excluding ortho intramolecular Hbond substituents is 1. The average molecular weight is 528 g/mol. The topological polar surface area (TPSA) is 87.8 Å². The van der Waals surface area contributed by atoms with Crippen LogP contribution in [0.25, 0.3) is 0 Å². The number of amides is 2. The summed E-state index contributed by atoms with van der Waals surface area (Å²) in [5.41, 5.74) is 9.94. The second-order valence-corrected chi connectivity index (χ2v) is 12.8. The summed E-state index contributed by atoms with van der Waals surface area (Å²) in [6, 6.07) is 12.5. The molecule has 1 saturated carbocycles. The van der Waals surface area contributed by atoms with E-state index in [0.29, 0.717) is 24.9 Å². The molecule has 0 unspecified atom stereocenters. The Balaban J connectivity index is 1.96. The smallest absolute Gasteiger partial charge is 0.312 e. The molecule has 37 heavy (non-hydrogen) atoms. The third-order valence-electron chi connectivity index (χ3n) is 7.35. The highest BCUT2D eigenvalue weighted by Gasteiger charge is 2.29. The van der Waals surface area contributed by atoms with Gasteiger partial charge in [0.1, 0.15) is 11.5 Å². The van der Waals surface area contributed by atoms with Crippen molar-refractivity contribution in [3.8, 4) is 11.5 Å². The van der Waals surface area contributed by atoms with E-state index in [1.165, 1.54) is 23.2 Å². The molecular formula is C30H45N3O3S. The second-order valence-electron chi connectivity index (χ2n) is 12.3. The Morgan fingerprint density at radius 1 is 0.973 bits per heavy atom. The van der Waals surface area contributed by atoms with Crippen LogP contribution in [0.2, 0.25) is 0 Å². The highest BCUT2D eigenvalue weighted by Crippen LogP contribution is 2.35. The van der Waals surface area contributed by atoms with Crippen molar-refractivity contribution in [3.05, 3.63) is 58.7 Å². The summed E-state index contributed by atoms with van der Waals surface area (Å²) in [5, 5.41) is 13.7. The Labute approximate surface area is 227 Å². The van der Waals surface area contributed by atoms with E-state index in [9.17, 15) is 9.90 Å². The lowest BCUT2D eigenvalue weighted by atomic mass is 9.85. The van der Waals surface area contributed by atoms with Gasteiger partial charge in [-0.15, -0.1) is 0 Å². The van der Waals surface area contributed by atoms with E-state index in [0.717, 1.165) is 42.6 Å². The fourth-order valence-corrected chi connectivity index (χ4v) is 5.40. The summed E-state index contributed by atoms with van der Waals surface area (Å²) in [4.78, 5) is 13.9. The molecule has 1 aliphatic carbocycles. The Morgan fingerprint density at radius 2 is 1.51 bits per heavy atom. The number of nitrogens with one attached hydrogen (secondary N) is 1. The van der Waals surface area contributed by atoms with Gasteiger partial charge in [-0.25, -0.2) is 4.79 Å². The first-order valence-electron chi connectivity index (χ1n) is 13.2. The minimum Gasteiger partial charge on any atom is -0.508 e. The summed E-state index contributed by atoms with van der Waals surface area (Å²) in [6.45, 7) is 14.6. The number of nitrogens with two attached hydrogens (primary N) is 1. The molecule has 0 saturated heterocycles. The maximum absolute atomic E-state index is 11.4. The summed E-state index contributed by atoms with van der Waals surface area (Å²) in [7, 11) is 0. The first-order valence-corrected chi connectivity index (χ1v) is 14.4. The van der Waals surface area contributed by atoms with Gasteiger partial charge in [0.05, 0.1) is 12.0 Å². The molecule has 1 aliphatic rings. The van der Waals surface area contributed by atoms with Gasteiger partial charge in [0.25, 0.3) is 0 Å². The molecule has 2 aromatic carbocycles. The van der Waals surface area contributed by atoms with Crippen LogP contribution in [0.1, 0.15) is 89.5 Å². The molecule has 2 aromatic rings. The average Bonchev–Trinajstić information content (AvgIpc) is 2.80. The van der Waals surface area contributed by atoms with Gasteiger partial charge in [-0.05, 0) is 59.8 Å². The van der Waals surface area contributed by atoms with Gasteiger partial charge < -0.3 is 20.3 Å². The van der Waals surface area contributed by atoms with Crippen LogP contribution in [-0.4, -0.2) is 34.4 Å². The zero-order valence-electron chi connectivity index (χ0n) is 23.6. The van der Waals surface area contributed by atoms with Gasteiger partial charge in [0, 0.05) is 42.6 Å². The van der Waals surface area contributed by atoms with Crippen molar-refractivity contribution in [3.63, 3.8) is 0 Å².